The predicted molar refractivity (Wildman–Crippen MR) is 86.8 cm³/mol. The Balaban J connectivity index is 2.05. The number of likely N-dealkylation sites (tertiary alicyclic amines) is 1. The second-order valence-corrected chi connectivity index (χ2v) is 5.91. The maximum absolute atomic E-state index is 12.5. The first kappa shape index (κ1) is 17.0. The maximum Gasteiger partial charge on any atom is 0.249 e. The Labute approximate surface area is 133 Å². The van der Waals surface area contributed by atoms with Gasteiger partial charge in [0.25, 0.3) is 0 Å². The number of hydrogen-bond donors (Lipinski definition) is 0. The van der Waals surface area contributed by atoms with E-state index in [0.29, 0.717) is 13.2 Å². The highest BCUT2D eigenvalue weighted by molar-refractivity contribution is 5.78. The van der Waals surface area contributed by atoms with Gasteiger partial charge in [0.2, 0.25) is 5.91 Å². The number of rotatable bonds is 6. The predicted octanol–water partition coefficient (Wildman–Crippen LogP) is 3.10. The van der Waals surface area contributed by atoms with E-state index < -0.39 is 0 Å². The molecule has 0 unspecified atom stereocenters. The van der Waals surface area contributed by atoms with E-state index in [1.165, 1.54) is 24.0 Å². The van der Waals surface area contributed by atoms with E-state index >= 15 is 0 Å². The Hall–Kier alpha value is -1.39. The minimum atomic E-state index is 0.0875. The largest absolute Gasteiger partial charge is 0.382 e. The lowest BCUT2D eigenvalue weighted by Crippen LogP contribution is -2.37. The van der Waals surface area contributed by atoms with Gasteiger partial charge in [-0.2, -0.15) is 0 Å². The summed E-state index contributed by atoms with van der Waals surface area (Å²) in [6.45, 7) is 4.05. The molecule has 1 aliphatic rings. The molecule has 0 saturated carbocycles. The fourth-order valence-corrected chi connectivity index (χ4v) is 3.02. The molecule has 0 spiro atoms. The van der Waals surface area contributed by atoms with E-state index in [2.05, 4.69) is 31.2 Å². The third-order valence-corrected chi connectivity index (χ3v) is 4.16. The monoisotopic (exact) mass is 305 g/mol. The summed E-state index contributed by atoms with van der Waals surface area (Å²) in [6, 6.07) is 8.69. The summed E-state index contributed by atoms with van der Waals surface area (Å²) in [5.41, 5.74) is 2.48. The van der Waals surface area contributed by atoms with Gasteiger partial charge in [-0.05, 0) is 25.3 Å². The smallest absolute Gasteiger partial charge is 0.249 e. The first-order valence-electron chi connectivity index (χ1n) is 8.15. The van der Waals surface area contributed by atoms with E-state index in [9.17, 15) is 4.79 Å². The van der Waals surface area contributed by atoms with Gasteiger partial charge in [0.1, 0.15) is 6.61 Å². The molecule has 4 nitrogen and oxygen atoms in total. The third kappa shape index (κ3) is 4.82. The van der Waals surface area contributed by atoms with E-state index in [-0.39, 0.29) is 18.6 Å². The van der Waals surface area contributed by atoms with Crippen molar-refractivity contribution in [3.05, 3.63) is 35.4 Å². The van der Waals surface area contributed by atoms with Crippen LogP contribution in [-0.2, 0) is 14.3 Å². The molecule has 0 aromatic heterocycles. The van der Waals surface area contributed by atoms with Crippen molar-refractivity contribution in [2.45, 2.75) is 38.6 Å². The van der Waals surface area contributed by atoms with E-state index in [0.717, 1.165) is 19.4 Å². The summed E-state index contributed by atoms with van der Waals surface area (Å²) in [6.07, 6.45) is 4.48. The molecule has 0 bridgehead atoms. The first-order chi connectivity index (χ1) is 10.7. The second kappa shape index (κ2) is 8.91. The Kier molecular flexibility index (Phi) is 6.87. The number of carbonyl (C=O) groups excluding carboxylic acids is 1. The SMILES string of the molecule is COCCOCC(=O)N1CCCCC[C@H]1c1cccc(C)c1. The van der Waals surface area contributed by atoms with Crippen LogP contribution >= 0.6 is 0 Å². The van der Waals surface area contributed by atoms with Gasteiger partial charge in [-0.15, -0.1) is 0 Å². The lowest BCUT2D eigenvalue weighted by molar-refractivity contribution is -0.139. The minimum absolute atomic E-state index is 0.0875. The van der Waals surface area contributed by atoms with Crippen molar-refractivity contribution in [2.75, 3.05) is 33.5 Å². The molecule has 4 heteroatoms. The second-order valence-electron chi connectivity index (χ2n) is 5.91. The van der Waals surface area contributed by atoms with Crippen molar-refractivity contribution in [1.29, 1.82) is 0 Å². The van der Waals surface area contributed by atoms with Crippen LogP contribution < -0.4 is 0 Å². The topological polar surface area (TPSA) is 38.8 Å². The van der Waals surface area contributed by atoms with E-state index in [4.69, 9.17) is 9.47 Å². The number of nitrogens with zero attached hydrogens (tertiary/aromatic N) is 1. The number of hydrogen-bond acceptors (Lipinski definition) is 3. The lowest BCUT2D eigenvalue weighted by atomic mass is 9.99. The normalized spacial score (nSPS) is 19.0. The summed E-state index contributed by atoms with van der Waals surface area (Å²) in [4.78, 5) is 14.6. The zero-order chi connectivity index (χ0) is 15.8. The highest BCUT2D eigenvalue weighted by Crippen LogP contribution is 2.30. The van der Waals surface area contributed by atoms with Gasteiger partial charge in [0.15, 0.2) is 0 Å². The molecule has 1 aliphatic heterocycles. The van der Waals surface area contributed by atoms with Gasteiger partial charge >= 0.3 is 0 Å². The Bertz CT molecular complexity index is 475. The average molecular weight is 305 g/mol. The van der Waals surface area contributed by atoms with Gasteiger partial charge in [-0.3, -0.25) is 4.79 Å². The molecule has 1 saturated heterocycles. The number of benzene rings is 1. The minimum Gasteiger partial charge on any atom is -0.382 e. The average Bonchev–Trinajstić information content (AvgIpc) is 2.77. The van der Waals surface area contributed by atoms with Crippen molar-refractivity contribution in [3.63, 3.8) is 0 Å². The fourth-order valence-electron chi connectivity index (χ4n) is 3.02. The van der Waals surface area contributed by atoms with E-state index in [1.54, 1.807) is 7.11 Å². The molecule has 0 N–H and O–H groups in total. The Morgan fingerprint density at radius 2 is 2.14 bits per heavy atom. The van der Waals surface area contributed by atoms with Crippen LogP contribution in [0.1, 0.15) is 42.9 Å². The molecule has 1 aromatic rings. The molecule has 122 valence electrons. The quantitative estimate of drug-likeness (QED) is 0.758. The van der Waals surface area contributed by atoms with Crippen LogP contribution in [-0.4, -0.2) is 44.3 Å². The molecule has 22 heavy (non-hydrogen) atoms. The van der Waals surface area contributed by atoms with Gasteiger partial charge in [0, 0.05) is 13.7 Å². The third-order valence-electron chi connectivity index (χ3n) is 4.16. The lowest BCUT2D eigenvalue weighted by Gasteiger charge is -2.30. The molecular formula is C18H27NO3. The summed E-state index contributed by atoms with van der Waals surface area (Å²) in [7, 11) is 1.63. The highest BCUT2D eigenvalue weighted by Gasteiger charge is 2.26. The molecule has 1 fully saturated rings. The number of ether oxygens (including phenoxy) is 2. The molecular weight excluding hydrogens is 278 g/mol. The van der Waals surface area contributed by atoms with Crippen molar-refractivity contribution >= 4 is 5.91 Å². The number of aryl methyl sites for hydroxylation is 1. The zero-order valence-corrected chi connectivity index (χ0v) is 13.7. The van der Waals surface area contributed by atoms with Crippen molar-refractivity contribution in [3.8, 4) is 0 Å². The van der Waals surface area contributed by atoms with Gasteiger partial charge in [-0.25, -0.2) is 0 Å². The van der Waals surface area contributed by atoms with Gasteiger partial charge in [0.05, 0.1) is 19.3 Å². The number of methoxy groups -OCH3 is 1. The van der Waals surface area contributed by atoms with Gasteiger partial charge in [-0.1, -0.05) is 42.7 Å². The van der Waals surface area contributed by atoms with Crippen LogP contribution in [0.5, 0.6) is 0 Å². The Morgan fingerprint density at radius 3 is 2.91 bits per heavy atom. The summed E-state index contributed by atoms with van der Waals surface area (Å²) < 4.78 is 10.4. The van der Waals surface area contributed by atoms with Crippen LogP contribution in [0.15, 0.2) is 24.3 Å². The van der Waals surface area contributed by atoms with Crippen LogP contribution in [0.3, 0.4) is 0 Å². The van der Waals surface area contributed by atoms with Crippen LogP contribution in [0.25, 0.3) is 0 Å². The number of carbonyl (C=O) groups is 1. The molecule has 1 aromatic carbocycles. The van der Waals surface area contributed by atoms with Crippen molar-refractivity contribution < 1.29 is 14.3 Å². The molecule has 2 rings (SSSR count). The molecule has 0 aliphatic carbocycles. The molecule has 1 amide bonds. The molecule has 0 radical (unpaired) electrons. The standard InChI is InChI=1S/C18H27NO3/c1-15-7-6-8-16(13-15)17-9-4-3-5-10-19(17)18(20)14-22-12-11-21-2/h6-8,13,17H,3-5,9-12,14H2,1-2H3/t17-/m0/s1. The summed E-state index contributed by atoms with van der Waals surface area (Å²) in [5, 5.41) is 0. The van der Waals surface area contributed by atoms with Crippen molar-refractivity contribution in [2.24, 2.45) is 0 Å². The fraction of sp³-hybridized carbons (Fsp3) is 0.611. The van der Waals surface area contributed by atoms with Crippen LogP contribution in [0.4, 0.5) is 0 Å². The van der Waals surface area contributed by atoms with Crippen LogP contribution in [0, 0.1) is 6.92 Å². The molecule has 1 atom stereocenters. The number of amides is 1. The Morgan fingerprint density at radius 1 is 1.27 bits per heavy atom. The summed E-state index contributed by atoms with van der Waals surface area (Å²) >= 11 is 0. The molecule has 1 heterocycles. The maximum atomic E-state index is 12.5. The van der Waals surface area contributed by atoms with Crippen LogP contribution in [0.2, 0.25) is 0 Å². The van der Waals surface area contributed by atoms with E-state index in [1.807, 2.05) is 4.90 Å². The first-order valence-corrected chi connectivity index (χ1v) is 8.15. The van der Waals surface area contributed by atoms with Crippen molar-refractivity contribution in [1.82, 2.24) is 4.90 Å². The highest BCUT2D eigenvalue weighted by atomic mass is 16.5. The van der Waals surface area contributed by atoms with Gasteiger partial charge < -0.3 is 14.4 Å². The zero-order valence-electron chi connectivity index (χ0n) is 13.7. The summed E-state index contributed by atoms with van der Waals surface area (Å²) in [5.74, 6) is 0.0875.